The SMILES string of the molecule is CCCCCCCCCCC/C=C/C=C/C=C/C=C/C=C/C(=O)[O-].[Li+]. The zero-order chi connectivity index (χ0) is 17.7. The molecule has 134 valence electrons. The van der Waals surface area contributed by atoms with Gasteiger partial charge in [-0.15, -0.1) is 0 Å². The summed E-state index contributed by atoms with van der Waals surface area (Å²) in [4.78, 5) is 10.1. The summed E-state index contributed by atoms with van der Waals surface area (Å²) >= 11 is 0. The van der Waals surface area contributed by atoms with Crippen molar-refractivity contribution in [1.82, 2.24) is 0 Å². The molecule has 0 heterocycles. The first kappa shape index (κ1) is 26.0. The number of hydrogen-bond donors (Lipinski definition) is 0. The van der Waals surface area contributed by atoms with Crippen molar-refractivity contribution in [1.29, 1.82) is 0 Å². The topological polar surface area (TPSA) is 40.1 Å². The van der Waals surface area contributed by atoms with Crippen LogP contribution in [0.2, 0.25) is 0 Å². The van der Waals surface area contributed by atoms with E-state index in [0.717, 1.165) is 12.5 Å². The van der Waals surface area contributed by atoms with Crippen LogP contribution in [0.4, 0.5) is 0 Å². The Kier molecular flexibility index (Phi) is 23.7. The van der Waals surface area contributed by atoms with Crippen LogP contribution in [0.3, 0.4) is 0 Å². The number of carboxylic acids is 1. The molecule has 0 saturated carbocycles. The van der Waals surface area contributed by atoms with Gasteiger partial charge in [0.05, 0.1) is 5.97 Å². The van der Waals surface area contributed by atoms with E-state index in [2.05, 4.69) is 19.1 Å². The van der Waals surface area contributed by atoms with Gasteiger partial charge in [0.25, 0.3) is 0 Å². The molecule has 3 heteroatoms. The van der Waals surface area contributed by atoms with Gasteiger partial charge < -0.3 is 9.90 Å². The average Bonchev–Trinajstić information content (AvgIpc) is 2.56. The van der Waals surface area contributed by atoms with Gasteiger partial charge in [0, 0.05) is 0 Å². The molecular formula is C22H33LiO2. The molecule has 0 aliphatic carbocycles. The van der Waals surface area contributed by atoms with Gasteiger partial charge in [-0.3, -0.25) is 0 Å². The Morgan fingerprint density at radius 2 is 1.12 bits per heavy atom. The van der Waals surface area contributed by atoms with Crippen LogP contribution < -0.4 is 24.0 Å². The molecule has 0 rings (SSSR count). The first-order chi connectivity index (χ1) is 11.8. The van der Waals surface area contributed by atoms with Crippen LogP contribution in [-0.2, 0) is 4.79 Å². The normalized spacial score (nSPS) is 12.2. The Bertz CT molecular complexity index is 431. The van der Waals surface area contributed by atoms with E-state index < -0.39 is 5.97 Å². The second kappa shape index (κ2) is 22.8. The molecule has 0 fully saturated rings. The van der Waals surface area contributed by atoms with E-state index in [4.69, 9.17) is 0 Å². The summed E-state index contributed by atoms with van der Waals surface area (Å²) in [5.41, 5.74) is 0. The third-order valence-corrected chi connectivity index (χ3v) is 3.62. The van der Waals surface area contributed by atoms with E-state index in [-0.39, 0.29) is 18.9 Å². The molecule has 2 nitrogen and oxygen atoms in total. The van der Waals surface area contributed by atoms with Crippen LogP contribution in [-0.4, -0.2) is 5.97 Å². The van der Waals surface area contributed by atoms with Crippen molar-refractivity contribution in [2.45, 2.75) is 71.1 Å². The zero-order valence-corrected chi connectivity index (χ0v) is 16.2. The number of aliphatic carboxylic acids is 1. The van der Waals surface area contributed by atoms with Crippen molar-refractivity contribution in [2.75, 3.05) is 0 Å². The van der Waals surface area contributed by atoms with Gasteiger partial charge in [-0.25, -0.2) is 0 Å². The average molecular weight is 336 g/mol. The first-order valence-electron chi connectivity index (χ1n) is 9.31. The van der Waals surface area contributed by atoms with E-state index >= 15 is 0 Å². The fourth-order valence-corrected chi connectivity index (χ4v) is 2.27. The molecular weight excluding hydrogens is 303 g/mol. The standard InChI is InChI=1S/C22H34O2.Li/c1-2-3-4-5-6-7-8-9-10-11-12-13-14-15-16-17-18-19-20-21-22(23)24;/h12-21H,2-11H2,1H3,(H,23,24);/q;+1/p-1/b13-12+,15-14+,17-16+,19-18+,21-20+;. The van der Waals surface area contributed by atoms with Crippen LogP contribution in [0, 0.1) is 0 Å². The molecule has 0 unspecified atom stereocenters. The Balaban J connectivity index is 0. The predicted octanol–water partition coefficient (Wildman–Crippen LogP) is 2.44. The van der Waals surface area contributed by atoms with Gasteiger partial charge in [-0.1, -0.05) is 113 Å². The fourth-order valence-electron chi connectivity index (χ4n) is 2.27. The summed E-state index contributed by atoms with van der Waals surface area (Å²) in [6, 6.07) is 0. The van der Waals surface area contributed by atoms with E-state index in [9.17, 15) is 9.90 Å². The summed E-state index contributed by atoms with van der Waals surface area (Å²) in [5.74, 6) is -1.18. The Hall–Kier alpha value is -1.23. The van der Waals surface area contributed by atoms with Crippen molar-refractivity contribution in [2.24, 2.45) is 0 Å². The number of carbonyl (C=O) groups is 1. The summed E-state index contributed by atoms with van der Waals surface area (Å²) in [5, 5.41) is 10.1. The van der Waals surface area contributed by atoms with Crippen molar-refractivity contribution in [3.8, 4) is 0 Å². The van der Waals surface area contributed by atoms with E-state index in [1.807, 2.05) is 24.3 Å². The second-order valence-electron chi connectivity index (χ2n) is 5.88. The van der Waals surface area contributed by atoms with E-state index in [1.54, 1.807) is 12.2 Å². The number of allylic oxidation sites excluding steroid dienone is 9. The fraction of sp³-hybridized carbons (Fsp3) is 0.500. The molecule has 0 aromatic carbocycles. The van der Waals surface area contributed by atoms with Crippen LogP contribution in [0.25, 0.3) is 0 Å². The first-order valence-corrected chi connectivity index (χ1v) is 9.31. The molecule has 0 spiro atoms. The molecule has 0 aromatic rings. The van der Waals surface area contributed by atoms with E-state index in [1.165, 1.54) is 63.9 Å². The minimum Gasteiger partial charge on any atom is -0.545 e. The maximum absolute atomic E-state index is 10.1. The number of rotatable bonds is 15. The number of carbonyl (C=O) groups excluding carboxylic acids is 1. The van der Waals surface area contributed by atoms with Crippen LogP contribution in [0.1, 0.15) is 71.1 Å². The third kappa shape index (κ3) is 25.1. The Morgan fingerprint density at radius 3 is 1.64 bits per heavy atom. The zero-order valence-electron chi connectivity index (χ0n) is 16.2. The summed E-state index contributed by atoms with van der Waals surface area (Å²) in [6.45, 7) is 2.26. The molecule has 0 bridgehead atoms. The Morgan fingerprint density at radius 1 is 0.680 bits per heavy atom. The monoisotopic (exact) mass is 336 g/mol. The quantitative estimate of drug-likeness (QED) is 0.199. The second-order valence-corrected chi connectivity index (χ2v) is 5.88. The molecule has 0 saturated heterocycles. The van der Waals surface area contributed by atoms with Gasteiger partial charge in [-0.2, -0.15) is 0 Å². The van der Waals surface area contributed by atoms with Crippen molar-refractivity contribution >= 4 is 5.97 Å². The number of unbranched alkanes of at least 4 members (excludes halogenated alkanes) is 9. The number of carboxylic acid groups (broad SMARTS) is 1. The molecule has 0 aliphatic rings. The third-order valence-electron chi connectivity index (χ3n) is 3.62. The summed E-state index contributed by atoms with van der Waals surface area (Å²) < 4.78 is 0. The van der Waals surface area contributed by atoms with Gasteiger partial charge in [0.2, 0.25) is 0 Å². The molecule has 25 heavy (non-hydrogen) atoms. The smallest absolute Gasteiger partial charge is 0.545 e. The molecule has 0 N–H and O–H groups in total. The van der Waals surface area contributed by atoms with Gasteiger partial charge >= 0.3 is 18.9 Å². The molecule has 0 radical (unpaired) electrons. The van der Waals surface area contributed by atoms with Gasteiger partial charge in [0.1, 0.15) is 0 Å². The number of hydrogen-bond acceptors (Lipinski definition) is 2. The van der Waals surface area contributed by atoms with Crippen LogP contribution in [0.15, 0.2) is 60.8 Å². The van der Waals surface area contributed by atoms with Gasteiger partial charge in [0.15, 0.2) is 0 Å². The van der Waals surface area contributed by atoms with Crippen LogP contribution in [0.5, 0.6) is 0 Å². The summed E-state index contributed by atoms with van der Waals surface area (Å²) in [6.07, 6.45) is 31.4. The van der Waals surface area contributed by atoms with Gasteiger partial charge in [-0.05, 0) is 18.9 Å². The maximum Gasteiger partial charge on any atom is 1.00 e. The van der Waals surface area contributed by atoms with Crippen LogP contribution >= 0.6 is 0 Å². The van der Waals surface area contributed by atoms with Crippen molar-refractivity contribution < 1.29 is 28.8 Å². The van der Waals surface area contributed by atoms with Crippen molar-refractivity contribution in [3.05, 3.63) is 60.8 Å². The minimum atomic E-state index is -1.18. The minimum absolute atomic E-state index is 0. The molecule has 0 aromatic heterocycles. The summed E-state index contributed by atoms with van der Waals surface area (Å²) in [7, 11) is 0. The predicted molar refractivity (Wildman–Crippen MR) is 103 cm³/mol. The van der Waals surface area contributed by atoms with Crippen molar-refractivity contribution in [3.63, 3.8) is 0 Å². The molecule has 0 aliphatic heterocycles. The Labute approximate surface area is 166 Å². The largest absolute Gasteiger partial charge is 1.00 e. The van der Waals surface area contributed by atoms with E-state index in [0.29, 0.717) is 0 Å². The molecule has 0 amide bonds. The maximum atomic E-state index is 10.1. The molecule has 0 atom stereocenters.